The van der Waals surface area contributed by atoms with E-state index in [1.54, 1.807) is 0 Å². The zero-order valence-electron chi connectivity index (χ0n) is 7.90. The molecule has 1 N–H and O–H groups in total. The SMILES string of the molecule is O=C1CN(S(=O)(=O)CCCCl)CC(=O)N1. The highest BCUT2D eigenvalue weighted by Crippen LogP contribution is 2.06. The van der Waals surface area contributed by atoms with Crippen LogP contribution >= 0.6 is 11.6 Å². The molecule has 1 rings (SSSR count). The van der Waals surface area contributed by atoms with Gasteiger partial charge in [0.1, 0.15) is 0 Å². The lowest BCUT2D eigenvalue weighted by Crippen LogP contribution is -2.53. The van der Waals surface area contributed by atoms with Gasteiger partial charge < -0.3 is 0 Å². The van der Waals surface area contributed by atoms with Gasteiger partial charge in [-0.1, -0.05) is 0 Å². The molecule has 1 fully saturated rings. The van der Waals surface area contributed by atoms with Crippen LogP contribution in [-0.2, 0) is 19.6 Å². The number of hydrogen-bond acceptors (Lipinski definition) is 4. The molecule has 0 radical (unpaired) electrons. The fraction of sp³-hybridized carbons (Fsp3) is 0.714. The fourth-order valence-electron chi connectivity index (χ4n) is 1.17. The van der Waals surface area contributed by atoms with Gasteiger partial charge in [-0.05, 0) is 6.42 Å². The number of carbonyl (C=O) groups is 2. The van der Waals surface area contributed by atoms with Gasteiger partial charge in [-0.25, -0.2) is 8.42 Å². The van der Waals surface area contributed by atoms with Crippen molar-refractivity contribution in [3.8, 4) is 0 Å². The highest BCUT2D eigenvalue weighted by Gasteiger charge is 2.30. The molecule has 1 aliphatic heterocycles. The van der Waals surface area contributed by atoms with E-state index in [2.05, 4.69) is 0 Å². The van der Waals surface area contributed by atoms with Crippen molar-refractivity contribution in [2.75, 3.05) is 24.7 Å². The standard InChI is InChI=1S/C7H11ClN2O4S/c8-2-1-3-15(13,14)10-4-6(11)9-7(12)5-10/h1-5H2,(H,9,11,12). The van der Waals surface area contributed by atoms with Crippen molar-refractivity contribution in [3.63, 3.8) is 0 Å². The normalized spacial score (nSPS) is 19.0. The van der Waals surface area contributed by atoms with E-state index in [0.29, 0.717) is 6.42 Å². The smallest absolute Gasteiger partial charge is 0.241 e. The summed E-state index contributed by atoms with van der Waals surface area (Å²) in [6.07, 6.45) is 0.302. The first-order valence-electron chi connectivity index (χ1n) is 4.32. The number of nitrogens with zero attached hydrogens (tertiary/aromatic N) is 1. The average molecular weight is 255 g/mol. The third-order valence-corrected chi connectivity index (χ3v) is 3.96. The minimum absolute atomic E-state index is 0.142. The second-order valence-corrected chi connectivity index (χ2v) is 5.56. The zero-order valence-corrected chi connectivity index (χ0v) is 9.47. The van der Waals surface area contributed by atoms with Gasteiger partial charge in [0.05, 0.1) is 18.8 Å². The van der Waals surface area contributed by atoms with Crippen molar-refractivity contribution in [2.45, 2.75) is 6.42 Å². The molecule has 0 atom stereocenters. The van der Waals surface area contributed by atoms with Crippen molar-refractivity contribution in [2.24, 2.45) is 0 Å². The second kappa shape index (κ2) is 4.91. The van der Waals surface area contributed by atoms with Crippen molar-refractivity contribution in [1.82, 2.24) is 9.62 Å². The van der Waals surface area contributed by atoms with Crippen LogP contribution in [0.5, 0.6) is 0 Å². The van der Waals surface area contributed by atoms with Crippen LogP contribution < -0.4 is 5.32 Å². The zero-order chi connectivity index (χ0) is 11.5. The largest absolute Gasteiger partial charge is 0.294 e. The summed E-state index contributed by atoms with van der Waals surface area (Å²) >= 11 is 5.37. The molecule has 0 aromatic rings. The van der Waals surface area contributed by atoms with E-state index in [1.165, 1.54) is 0 Å². The summed E-state index contributed by atoms with van der Waals surface area (Å²) in [6, 6.07) is 0. The summed E-state index contributed by atoms with van der Waals surface area (Å²) in [7, 11) is -3.54. The Hall–Kier alpha value is -0.660. The molecule has 8 heteroatoms. The maximum atomic E-state index is 11.6. The molecule has 0 aliphatic carbocycles. The minimum Gasteiger partial charge on any atom is -0.294 e. The summed E-state index contributed by atoms with van der Waals surface area (Å²) in [5.41, 5.74) is 0. The lowest BCUT2D eigenvalue weighted by Gasteiger charge is -2.24. The summed E-state index contributed by atoms with van der Waals surface area (Å²) in [5, 5.41) is 2.03. The summed E-state index contributed by atoms with van der Waals surface area (Å²) in [6.45, 7) is -0.591. The van der Waals surface area contributed by atoms with Gasteiger partial charge in [0.2, 0.25) is 21.8 Å². The Bertz CT molecular complexity index is 351. The molecule has 0 unspecified atom stereocenters. The van der Waals surface area contributed by atoms with E-state index in [4.69, 9.17) is 11.6 Å². The number of nitrogens with one attached hydrogen (secondary N) is 1. The summed E-state index contributed by atoms with van der Waals surface area (Å²) in [4.78, 5) is 21.9. The number of imide groups is 1. The lowest BCUT2D eigenvalue weighted by molar-refractivity contribution is -0.134. The van der Waals surface area contributed by atoms with Gasteiger partial charge in [0, 0.05) is 5.88 Å². The number of sulfonamides is 1. The van der Waals surface area contributed by atoms with Crippen molar-refractivity contribution >= 4 is 33.4 Å². The molecular weight excluding hydrogens is 244 g/mol. The predicted molar refractivity (Wildman–Crippen MR) is 53.8 cm³/mol. The monoisotopic (exact) mass is 254 g/mol. The number of hydrogen-bond donors (Lipinski definition) is 1. The van der Waals surface area contributed by atoms with Gasteiger partial charge >= 0.3 is 0 Å². The van der Waals surface area contributed by atoms with Gasteiger partial charge in [0.15, 0.2) is 0 Å². The van der Waals surface area contributed by atoms with Crippen LogP contribution in [0.2, 0.25) is 0 Å². The van der Waals surface area contributed by atoms with Gasteiger partial charge in [-0.15, -0.1) is 11.6 Å². The number of piperazine rings is 1. The maximum absolute atomic E-state index is 11.6. The topological polar surface area (TPSA) is 83.6 Å². The Morgan fingerprint density at radius 3 is 2.27 bits per heavy atom. The van der Waals surface area contributed by atoms with E-state index in [9.17, 15) is 18.0 Å². The van der Waals surface area contributed by atoms with E-state index in [0.717, 1.165) is 4.31 Å². The molecule has 0 aromatic heterocycles. The summed E-state index contributed by atoms with van der Waals surface area (Å²) in [5.74, 6) is -1.11. The highest BCUT2D eigenvalue weighted by molar-refractivity contribution is 7.89. The molecule has 0 aromatic carbocycles. The Morgan fingerprint density at radius 2 is 1.80 bits per heavy atom. The molecular formula is C7H11ClN2O4S. The first-order valence-corrected chi connectivity index (χ1v) is 6.46. The molecule has 0 saturated carbocycles. The van der Waals surface area contributed by atoms with Crippen LogP contribution in [-0.4, -0.2) is 49.3 Å². The first-order chi connectivity index (χ1) is 6.95. The molecule has 1 saturated heterocycles. The Balaban J connectivity index is 2.70. The van der Waals surface area contributed by atoms with Gasteiger partial charge in [-0.3, -0.25) is 14.9 Å². The summed E-state index contributed by atoms with van der Waals surface area (Å²) < 4.78 is 24.0. The molecule has 1 heterocycles. The van der Waals surface area contributed by atoms with E-state index < -0.39 is 21.8 Å². The van der Waals surface area contributed by atoms with E-state index in [-0.39, 0.29) is 24.7 Å². The second-order valence-electron chi connectivity index (χ2n) is 3.10. The quantitative estimate of drug-likeness (QED) is 0.510. The Morgan fingerprint density at radius 1 is 1.27 bits per heavy atom. The van der Waals surface area contributed by atoms with Crippen LogP contribution in [0.25, 0.3) is 0 Å². The molecule has 1 aliphatic rings. The minimum atomic E-state index is -3.54. The number of alkyl halides is 1. The third-order valence-electron chi connectivity index (χ3n) is 1.85. The predicted octanol–water partition coefficient (Wildman–Crippen LogP) is -1.10. The molecule has 2 amide bonds. The van der Waals surface area contributed by atoms with E-state index in [1.807, 2.05) is 5.32 Å². The molecule has 0 bridgehead atoms. The number of carbonyl (C=O) groups excluding carboxylic acids is 2. The number of amides is 2. The molecule has 6 nitrogen and oxygen atoms in total. The fourth-order valence-corrected chi connectivity index (χ4v) is 2.86. The van der Waals surface area contributed by atoms with Gasteiger partial charge in [0.25, 0.3) is 0 Å². The third kappa shape index (κ3) is 3.44. The van der Waals surface area contributed by atoms with Crippen molar-refractivity contribution in [3.05, 3.63) is 0 Å². The maximum Gasteiger partial charge on any atom is 0.241 e. The first kappa shape index (κ1) is 12.4. The van der Waals surface area contributed by atoms with Crippen LogP contribution in [0.15, 0.2) is 0 Å². The Labute approximate surface area is 92.6 Å². The lowest BCUT2D eigenvalue weighted by atomic mass is 10.4. The average Bonchev–Trinajstić information content (AvgIpc) is 2.13. The van der Waals surface area contributed by atoms with Crippen molar-refractivity contribution in [1.29, 1.82) is 0 Å². The van der Waals surface area contributed by atoms with Crippen LogP contribution in [0, 0.1) is 0 Å². The van der Waals surface area contributed by atoms with Crippen LogP contribution in [0.1, 0.15) is 6.42 Å². The highest BCUT2D eigenvalue weighted by atomic mass is 35.5. The van der Waals surface area contributed by atoms with Crippen LogP contribution in [0.3, 0.4) is 0 Å². The Kier molecular flexibility index (Phi) is 4.06. The van der Waals surface area contributed by atoms with Crippen LogP contribution in [0.4, 0.5) is 0 Å². The van der Waals surface area contributed by atoms with Gasteiger partial charge in [-0.2, -0.15) is 4.31 Å². The number of halogens is 1. The number of rotatable bonds is 4. The molecule has 86 valence electrons. The van der Waals surface area contributed by atoms with Crippen molar-refractivity contribution < 1.29 is 18.0 Å². The van der Waals surface area contributed by atoms with E-state index >= 15 is 0 Å². The molecule has 15 heavy (non-hydrogen) atoms. The molecule has 0 spiro atoms.